The summed E-state index contributed by atoms with van der Waals surface area (Å²) in [6, 6.07) is 5.23. The first-order valence-electron chi connectivity index (χ1n) is 6.24. The van der Waals surface area contributed by atoms with E-state index in [1.165, 1.54) is 38.2 Å². The Kier molecular flexibility index (Phi) is 7.36. The molecule has 17 heavy (non-hydrogen) atoms. The van der Waals surface area contributed by atoms with Crippen LogP contribution in [0.1, 0.15) is 55.8 Å². The molecule has 0 nitrogen and oxygen atoms in total. The average molecular weight is 366 g/mol. The number of hydrogen-bond acceptors (Lipinski definition) is 0. The molecule has 0 spiro atoms. The van der Waals surface area contributed by atoms with Gasteiger partial charge in [-0.3, -0.25) is 0 Å². The molecule has 0 amide bonds. The lowest BCUT2D eigenvalue weighted by Crippen LogP contribution is -1.92. The molecule has 0 saturated carbocycles. The van der Waals surface area contributed by atoms with Crippen molar-refractivity contribution < 1.29 is 4.39 Å². The highest BCUT2D eigenvalue weighted by atomic mass is 79.9. The Hall–Kier alpha value is 0.110. The lowest BCUT2D eigenvalue weighted by Gasteiger charge is -2.10. The second-order valence-electron chi connectivity index (χ2n) is 4.34. The molecule has 0 heterocycles. The molecule has 0 saturated heterocycles. The molecule has 0 radical (unpaired) electrons. The lowest BCUT2D eigenvalue weighted by molar-refractivity contribution is 0.603. The van der Waals surface area contributed by atoms with Crippen LogP contribution in [-0.2, 0) is 0 Å². The van der Waals surface area contributed by atoms with Gasteiger partial charge in [0.15, 0.2) is 0 Å². The zero-order valence-electron chi connectivity index (χ0n) is 10.2. The van der Waals surface area contributed by atoms with Crippen molar-refractivity contribution in [3.05, 3.63) is 34.1 Å². The van der Waals surface area contributed by atoms with Crippen LogP contribution < -0.4 is 0 Å². The van der Waals surface area contributed by atoms with Crippen LogP contribution in [-0.4, -0.2) is 0 Å². The minimum atomic E-state index is -0.198. The van der Waals surface area contributed by atoms with Gasteiger partial charge >= 0.3 is 0 Å². The average Bonchev–Trinajstić information content (AvgIpc) is 2.32. The predicted octanol–water partition coefficient (Wildman–Crippen LogP) is 6.38. The maximum atomic E-state index is 13.1. The molecule has 0 aliphatic rings. The molecule has 0 N–H and O–H groups in total. The Morgan fingerprint density at radius 3 is 2.53 bits per heavy atom. The van der Waals surface area contributed by atoms with E-state index in [1.807, 2.05) is 12.1 Å². The van der Waals surface area contributed by atoms with Crippen LogP contribution in [0.25, 0.3) is 0 Å². The molecule has 1 aromatic rings. The Morgan fingerprint density at radius 1 is 1.18 bits per heavy atom. The Labute approximate surface area is 120 Å². The first-order valence-corrected chi connectivity index (χ1v) is 7.95. The summed E-state index contributed by atoms with van der Waals surface area (Å²) < 4.78 is 13.6. The predicted molar refractivity (Wildman–Crippen MR) is 79.1 cm³/mol. The SMILES string of the molecule is CCCCCCCC(Br)c1ccc(F)c(Br)c1. The minimum absolute atomic E-state index is 0.198. The molecular weight excluding hydrogens is 347 g/mol. The number of hydrogen-bond donors (Lipinski definition) is 0. The van der Waals surface area contributed by atoms with Crippen molar-refractivity contribution in [1.82, 2.24) is 0 Å². The van der Waals surface area contributed by atoms with Crippen molar-refractivity contribution in [2.24, 2.45) is 0 Å². The molecule has 0 aromatic heterocycles. The van der Waals surface area contributed by atoms with E-state index in [1.54, 1.807) is 0 Å². The van der Waals surface area contributed by atoms with Gasteiger partial charge in [-0.1, -0.05) is 61.0 Å². The zero-order chi connectivity index (χ0) is 12.7. The molecule has 1 aromatic carbocycles. The number of alkyl halides is 1. The lowest BCUT2D eigenvalue weighted by atomic mass is 10.0. The van der Waals surface area contributed by atoms with Gasteiger partial charge in [-0.2, -0.15) is 0 Å². The van der Waals surface area contributed by atoms with Crippen LogP contribution in [0.3, 0.4) is 0 Å². The van der Waals surface area contributed by atoms with E-state index in [2.05, 4.69) is 38.8 Å². The summed E-state index contributed by atoms with van der Waals surface area (Å²) in [4.78, 5) is 0.334. The molecular formula is C14H19Br2F. The topological polar surface area (TPSA) is 0 Å². The maximum absolute atomic E-state index is 13.1. The zero-order valence-corrected chi connectivity index (χ0v) is 13.4. The molecule has 0 aliphatic heterocycles. The molecule has 96 valence electrons. The van der Waals surface area contributed by atoms with Gasteiger partial charge in [0, 0.05) is 4.83 Å². The maximum Gasteiger partial charge on any atom is 0.137 e. The highest BCUT2D eigenvalue weighted by molar-refractivity contribution is 9.10. The van der Waals surface area contributed by atoms with Crippen molar-refractivity contribution in [3.8, 4) is 0 Å². The normalized spacial score (nSPS) is 12.7. The Morgan fingerprint density at radius 2 is 1.88 bits per heavy atom. The number of unbranched alkanes of at least 4 members (excludes halogenated alkanes) is 4. The highest BCUT2D eigenvalue weighted by Crippen LogP contribution is 2.31. The Bertz CT molecular complexity index is 339. The van der Waals surface area contributed by atoms with E-state index in [9.17, 15) is 4.39 Å². The fraction of sp³-hybridized carbons (Fsp3) is 0.571. The Balaban J connectivity index is 2.36. The van der Waals surface area contributed by atoms with E-state index < -0.39 is 0 Å². The van der Waals surface area contributed by atoms with Gasteiger partial charge in [0.05, 0.1) is 4.47 Å². The molecule has 1 rings (SSSR count). The van der Waals surface area contributed by atoms with Gasteiger partial charge in [-0.05, 0) is 40.0 Å². The second-order valence-corrected chi connectivity index (χ2v) is 6.30. The number of benzene rings is 1. The van der Waals surface area contributed by atoms with Gasteiger partial charge in [0.2, 0.25) is 0 Å². The van der Waals surface area contributed by atoms with E-state index in [-0.39, 0.29) is 5.82 Å². The van der Waals surface area contributed by atoms with Gasteiger partial charge < -0.3 is 0 Å². The summed E-state index contributed by atoms with van der Waals surface area (Å²) in [5, 5.41) is 0. The molecule has 3 heteroatoms. The largest absolute Gasteiger partial charge is 0.206 e. The smallest absolute Gasteiger partial charge is 0.137 e. The third-order valence-electron chi connectivity index (χ3n) is 2.87. The van der Waals surface area contributed by atoms with Crippen LogP contribution in [0.4, 0.5) is 4.39 Å². The molecule has 1 atom stereocenters. The molecule has 0 aliphatic carbocycles. The van der Waals surface area contributed by atoms with E-state index in [0.717, 1.165) is 12.0 Å². The van der Waals surface area contributed by atoms with Crippen LogP contribution >= 0.6 is 31.9 Å². The molecule has 1 unspecified atom stereocenters. The number of rotatable bonds is 7. The van der Waals surface area contributed by atoms with Crippen molar-refractivity contribution in [1.29, 1.82) is 0 Å². The van der Waals surface area contributed by atoms with Gasteiger partial charge in [0.1, 0.15) is 5.82 Å². The fourth-order valence-corrected chi connectivity index (χ4v) is 2.81. The third-order valence-corrected chi connectivity index (χ3v) is 4.46. The third kappa shape index (κ3) is 5.52. The van der Waals surface area contributed by atoms with Crippen molar-refractivity contribution in [3.63, 3.8) is 0 Å². The summed E-state index contributed by atoms with van der Waals surface area (Å²) >= 11 is 6.89. The van der Waals surface area contributed by atoms with Crippen LogP contribution in [0.5, 0.6) is 0 Å². The monoisotopic (exact) mass is 364 g/mol. The van der Waals surface area contributed by atoms with E-state index >= 15 is 0 Å². The first kappa shape index (κ1) is 15.2. The van der Waals surface area contributed by atoms with Gasteiger partial charge in [-0.15, -0.1) is 0 Å². The van der Waals surface area contributed by atoms with Gasteiger partial charge in [-0.25, -0.2) is 4.39 Å². The van der Waals surface area contributed by atoms with Crippen LogP contribution in [0.2, 0.25) is 0 Å². The summed E-state index contributed by atoms with van der Waals surface area (Å²) in [6.45, 7) is 2.23. The van der Waals surface area contributed by atoms with Crippen molar-refractivity contribution in [2.45, 2.75) is 50.3 Å². The highest BCUT2D eigenvalue weighted by Gasteiger charge is 2.09. The fourth-order valence-electron chi connectivity index (χ4n) is 1.80. The van der Waals surface area contributed by atoms with Crippen LogP contribution in [0.15, 0.2) is 22.7 Å². The minimum Gasteiger partial charge on any atom is -0.206 e. The summed E-state index contributed by atoms with van der Waals surface area (Å²) in [6.07, 6.45) is 7.56. The quantitative estimate of drug-likeness (QED) is 0.388. The summed E-state index contributed by atoms with van der Waals surface area (Å²) in [5.41, 5.74) is 1.15. The van der Waals surface area contributed by atoms with Crippen LogP contribution in [0, 0.1) is 5.82 Å². The van der Waals surface area contributed by atoms with Crippen molar-refractivity contribution in [2.75, 3.05) is 0 Å². The summed E-state index contributed by atoms with van der Waals surface area (Å²) in [5.74, 6) is -0.198. The molecule has 0 bridgehead atoms. The number of halogens is 3. The molecule has 0 fully saturated rings. The summed E-state index contributed by atoms with van der Waals surface area (Å²) in [7, 11) is 0. The van der Waals surface area contributed by atoms with Crippen molar-refractivity contribution >= 4 is 31.9 Å². The van der Waals surface area contributed by atoms with E-state index in [0.29, 0.717) is 9.30 Å². The first-order chi connectivity index (χ1) is 8.15. The second kappa shape index (κ2) is 8.25. The van der Waals surface area contributed by atoms with Gasteiger partial charge in [0.25, 0.3) is 0 Å². The van der Waals surface area contributed by atoms with E-state index in [4.69, 9.17) is 0 Å². The standard InChI is InChI=1S/C14H19Br2F/c1-2-3-4-5-6-7-12(15)11-8-9-14(17)13(16)10-11/h8-10,12H,2-7H2,1H3.